The van der Waals surface area contributed by atoms with Crippen LogP contribution >= 0.6 is 11.6 Å². The number of rotatable bonds is 7. The normalized spacial score (nSPS) is 14.9. The molecule has 0 spiro atoms. The number of sulfonamides is 1. The molecule has 0 unspecified atom stereocenters. The van der Waals surface area contributed by atoms with E-state index in [0.29, 0.717) is 17.3 Å². The van der Waals surface area contributed by atoms with Crippen molar-refractivity contribution in [3.63, 3.8) is 0 Å². The first kappa shape index (κ1) is 23.5. The van der Waals surface area contributed by atoms with Crippen molar-refractivity contribution in [2.75, 3.05) is 37.2 Å². The van der Waals surface area contributed by atoms with E-state index >= 15 is 0 Å². The van der Waals surface area contributed by atoms with Gasteiger partial charge in [0.1, 0.15) is 12.4 Å². The summed E-state index contributed by atoms with van der Waals surface area (Å²) >= 11 is 6.44. The number of fused-ring (bicyclic) bond motifs is 1. The molecule has 0 aliphatic carbocycles. The van der Waals surface area contributed by atoms with E-state index in [-0.39, 0.29) is 0 Å². The Morgan fingerprint density at radius 1 is 1.12 bits per heavy atom. The van der Waals surface area contributed by atoms with Gasteiger partial charge < -0.3 is 4.74 Å². The monoisotopic (exact) mass is 485 g/mol. The molecule has 33 heavy (non-hydrogen) atoms. The summed E-state index contributed by atoms with van der Waals surface area (Å²) in [6, 6.07) is 15.4. The largest absolute Gasteiger partial charge is 0.492 e. The molecule has 0 radical (unpaired) electrons. The standard InChI is InChI=1S/C25H28ClN3O3S/c1-18-9-10-21-22(27-18)6-4-8-24(21)32-16-15-29-13-11-19(12-14-29)17-20-5-3-7-23(25(20)26)28-33(2,30)31/h3-10,17,28H,11-16H2,1-2H3. The highest BCUT2D eigenvalue weighted by atomic mass is 35.5. The maximum atomic E-state index is 11.5. The Balaban J connectivity index is 1.32. The Morgan fingerprint density at radius 2 is 1.88 bits per heavy atom. The molecule has 1 saturated heterocycles. The predicted octanol–water partition coefficient (Wildman–Crippen LogP) is 5.13. The number of nitrogens with zero attached hydrogens (tertiary/aromatic N) is 2. The van der Waals surface area contributed by atoms with Crippen molar-refractivity contribution in [1.29, 1.82) is 0 Å². The molecular formula is C25H28ClN3O3S. The van der Waals surface area contributed by atoms with Crippen LogP contribution in [0.15, 0.2) is 54.1 Å². The van der Waals surface area contributed by atoms with Crippen LogP contribution in [0.5, 0.6) is 5.75 Å². The van der Waals surface area contributed by atoms with Crippen molar-refractivity contribution >= 4 is 44.3 Å². The van der Waals surface area contributed by atoms with E-state index in [2.05, 4.69) is 26.7 Å². The molecule has 0 bridgehead atoms. The van der Waals surface area contributed by atoms with Crippen molar-refractivity contribution in [1.82, 2.24) is 9.88 Å². The van der Waals surface area contributed by atoms with Gasteiger partial charge in [0.2, 0.25) is 10.0 Å². The Bertz CT molecular complexity index is 1280. The molecule has 2 heterocycles. The minimum absolute atomic E-state index is 0.405. The molecule has 2 aromatic carbocycles. The number of hydrogen-bond acceptors (Lipinski definition) is 5. The van der Waals surface area contributed by atoms with Gasteiger partial charge in [-0.25, -0.2) is 8.42 Å². The summed E-state index contributed by atoms with van der Waals surface area (Å²) in [4.78, 5) is 6.96. The number of nitrogens with one attached hydrogen (secondary N) is 1. The molecule has 8 heteroatoms. The lowest BCUT2D eigenvalue weighted by Gasteiger charge is -2.28. The third-order valence-corrected chi connectivity index (χ3v) is 6.69. The second-order valence-electron chi connectivity index (χ2n) is 8.35. The van der Waals surface area contributed by atoms with Crippen molar-refractivity contribution in [3.8, 4) is 5.75 Å². The topological polar surface area (TPSA) is 71.5 Å². The van der Waals surface area contributed by atoms with E-state index in [4.69, 9.17) is 16.3 Å². The van der Waals surface area contributed by atoms with Gasteiger partial charge in [-0.2, -0.15) is 0 Å². The second-order valence-corrected chi connectivity index (χ2v) is 10.5. The number of ether oxygens (including phenoxy) is 1. The smallest absolute Gasteiger partial charge is 0.229 e. The molecule has 1 fully saturated rings. The first-order chi connectivity index (χ1) is 15.8. The zero-order valence-corrected chi connectivity index (χ0v) is 20.4. The number of aromatic nitrogens is 1. The summed E-state index contributed by atoms with van der Waals surface area (Å²) in [5.41, 5.74) is 4.49. The van der Waals surface area contributed by atoms with E-state index < -0.39 is 10.0 Å². The molecule has 0 atom stereocenters. The summed E-state index contributed by atoms with van der Waals surface area (Å²) in [7, 11) is -3.38. The van der Waals surface area contributed by atoms with Gasteiger partial charge in [0.15, 0.2) is 0 Å². The van der Waals surface area contributed by atoms with Crippen LogP contribution in [0.1, 0.15) is 24.1 Å². The Labute approximate surface area is 200 Å². The molecule has 1 aromatic heterocycles. The van der Waals surface area contributed by atoms with E-state index in [1.807, 2.05) is 43.3 Å². The molecule has 4 rings (SSSR count). The molecule has 174 valence electrons. The molecule has 1 aliphatic rings. The van der Waals surface area contributed by atoms with Crippen LogP contribution in [0.4, 0.5) is 5.69 Å². The summed E-state index contributed by atoms with van der Waals surface area (Å²) < 4.78 is 31.6. The fraction of sp³-hybridized carbons (Fsp3) is 0.320. The Hall–Kier alpha value is -2.61. The van der Waals surface area contributed by atoms with Gasteiger partial charge >= 0.3 is 0 Å². The van der Waals surface area contributed by atoms with Crippen molar-refractivity contribution in [3.05, 3.63) is 70.4 Å². The average molecular weight is 486 g/mol. The number of likely N-dealkylation sites (tertiary alicyclic amines) is 1. The minimum atomic E-state index is -3.38. The fourth-order valence-electron chi connectivity index (χ4n) is 4.01. The molecule has 1 aliphatic heterocycles. The molecule has 1 N–H and O–H groups in total. The minimum Gasteiger partial charge on any atom is -0.492 e. The van der Waals surface area contributed by atoms with Gasteiger partial charge in [-0.3, -0.25) is 14.6 Å². The third kappa shape index (κ3) is 6.25. The molecular weight excluding hydrogens is 458 g/mol. The number of piperidine rings is 1. The lowest BCUT2D eigenvalue weighted by molar-refractivity contribution is 0.200. The number of pyridine rings is 1. The maximum absolute atomic E-state index is 11.5. The Morgan fingerprint density at radius 3 is 2.64 bits per heavy atom. The van der Waals surface area contributed by atoms with Crippen LogP contribution in [0, 0.1) is 6.92 Å². The van der Waals surface area contributed by atoms with Gasteiger partial charge in [0, 0.05) is 30.7 Å². The zero-order valence-electron chi connectivity index (χ0n) is 18.8. The van der Waals surface area contributed by atoms with Crippen LogP contribution in [0.25, 0.3) is 17.0 Å². The molecule has 0 saturated carbocycles. The summed E-state index contributed by atoms with van der Waals surface area (Å²) in [5.74, 6) is 0.870. The third-order valence-electron chi connectivity index (χ3n) is 5.68. The van der Waals surface area contributed by atoms with Gasteiger partial charge in [-0.1, -0.05) is 41.4 Å². The maximum Gasteiger partial charge on any atom is 0.229 e. The SMILES string of the molecule is Cc1ccc2c(OCCN3CCC(=Cc4cccc(NS(C)(=O)=O)c4Cl)CC3)cccc2n1. The van der Waals surface area contributed by atoms with Crippen LogP contribution < -0.4 is 9.46 Å². The number of benzene rings is 2. The van der Waals surface area contributed by atoms with Gasteiger partial charge in [-0.05, 0) is 55.7 Å². The summed E-state index contributed by atoms with van der Waals surface area (Å²) in [6.07, 6.45) is 5.08. The zero-order chi connectivity index (χ0) is 23.4. The highest BCUT2D eigenvalue weighted by Crippen LogP contribution is 2.30. The lowest BCUT2D eigenvalue weighted by Crippen LogP contribution is -2.34. The van der Waals surface area contributed by atoms with E-state index in [1.54, 1.807) is 6.07 Å². The first-order valence-corrected chi connectivity index (χ1v) is 13.2. The summed E-state index contributed by atoms with van der Waals surface area (Å²) in [5, 5.41) is 1.46. The lowest BCUT2D eigenvalue weighted by atomic mass is 10.0. The molecule has 0 amide bonds. The van der Waals surface area contributed by atoms with Gasteiger partial charge in [0.05, 0.1) is 22.5 Å². The number of hydrogen-bond donors (Lipinski definition) is 1. The summed E-state index contributed by atoms with van der Waals surface area (Å²) in [6.45, 7) is 5.37. The second kappa shape index (κ2) is 10.1. The van der Waals surface area contributed by atoms with E-state index in [0.717, 1.165) is 66.6 Å². The van der Waals surface area contributed by atoms with Crippen molar-refractivity contribution < 1.29 is 13.2 Å². The van der Waals surface area contributed by atoms with Crippen molar-refractivity contribution in [2.24, 2.45) is 0 Å². The van der Waals surface area contributed by atoms with Gasteiger partial charge in [0.25, 0.3) is 0 Å². The van der Waals surface area contributed by atoms with Crippen LogP contribution in [-0.2, 0) is 10.0 Å². The molecule has 3 aromatic rings. The molecule has 6 nitrogen and oxygen atoms in total. The predicted molar refractivity (Wildman–Crippen MR) is 136 cm³/mol. The quantitative estimate of drug-likeness (QED) is 0.502. The average Bonchev–Trinajstić information content (AvgIpc) is 2.77. The number of aryl methyl sites for hydroxylation is 1. The van der Waals surface area contributed by atoms with Crippen LogP contribution in [0.2, 0.25) is 5.02 Å². The van der Waals surface area contributed by atoms with Crippen LogP contribution in [0.3, 0.4) is 0 Å². The van der Waals surface area contributed by atoms with E-state index in [1.165, 1.54) is 5.57 Å². The highest BCUT2D eigenvalue weighted by Gasteiger charge is 2.15. The van der Waals surface area contributed by atoms with E-state index in [9.17, 15) is 8.42 Å². The highest BCUT2D eigenvalue weighted by molar-refractivity contribution is 7.92. The fourth-order valence-corrected chi connectivity index (χ4v) is 4.86. The van der Waals surface area contributed by atoms with Crippen molar-refractivity contribution in [2.45, 2.75) is 19.8 Å². The number of anilines is 1. The van der Waals surface area contributed by atoms with Gasteiger partial charge in [-0.15, -0.1) is 0 Å². The number of halogens is 1. The van der Waals surface area contributed by atoms with Crippen LogP contribution in [-0.4, -0.2) is 50.8 Å². The Kier molecular flexibility index (Phi) is 7.22. The first-order valence-electron chi connectivity index (χ1n) is 11.0.